The number of esters is 1. The first-order valence-electron chi connectivity index (χ1n) is 6.17. The summed E-state index contributed by atoms with van der Waals surface area (Å²) in [6.07, 6.45) is -0.838. The van der Waals surface area contributed by atoms with Gasteiger partial charge in [0.05, 0.1) is 6.54 Å². The highest BCUT2D eigenvalue weighted by Crippen LogP contribution is 2.00. The van der Waals surface area contributed by atoms with Gasteiger partial charge in [0.25, 0.3) is 0 Å². The molecule has 1 N–H and O–H groups in total. The first kappa shape index (κ1) is 15.7. The number of ether oxygens (including phenoxy) is 2. The number of Topliss-reactive ketones (excluding diaryl/α,β-unsaturated/α-hetero) is 1. The number of nitrogens with one attached hydrogen (secondary N) is 1. The first-order valence-corrected chi connectivity index (χ1v) is 6.17. The second kappa shape index (κ2) is 8.68. The maximum Gasteiger partial charge on any atom is 0.407 e. The minimum Gasteiger partial charge on any atom is -0.463 e. The van der Waals surface area contributed by atoms with E-state index in [2.05, 4.69) is 5.32 Å². The van der Waals surface area contributed by atoms with Crippen molar-refractivity contribution in [1.82, 2.24) is 5.32 Å². The zero-order valence-corrected chi connectivity index (χ0v) is 11.3. The van der Waals surface area contributed by atoms with Gasteiger partial charge in [-0.3, -0.25) is 9.59 Å². The molecule has 1 amide bonds. The van der Waals surface area contributed by atoms with Gasteiger partial charge in [-0.2, -0.15) is 0 Å². The molecule has 1 rings (SSSR count). The normalized spacial score (nSPS) is 9.65. The largest absolute Gasteiger partial charge is 0.463 e. The first-order chi connectivity index (χ1) is 9.58. The topological polar surface area (TPSA) is 81.7 Å². The van der Waals surface area contributed by atoms with Crippen molar-refractivity contribution in [2.75, 3.05) is 13.2 Å². The lowest BCUT2D eigenvalue weighted by Gasteiger charge is -2.07. The predicted octanol–water partition coefficient (Wildman–Crippen LogP) is 1.44. The van der Waals surface area contributed by atoms with E-state index in [1.165, 1.54) is 6.92 Å². The average molecular weight is 279 g/mol. The Morgan fingerprint density at radius 1 is 1.10 bits per heavy atom. The minimum atomic E-state index is -0.600. The molecule has 0 bridgehead atoms. The molecule has 0 radical (unpaired) electrons. The second-order valence-electron chi connectivity index (χ2n) is 4.09. The van der Waals surface area contributed by atoms with Crippen molar-refractivity contribution in [3.8, 4) is 0 Å². The van der Waals surface area contributed by atoms with E-state index in [1.54, 1.807) is 0 Å². The summed E-state index contributed by atoms with van der Waals surface area (Å²) in [5, 5.41) is 2.44. The van der Waals surface area contributed by atoms with E-state index < -0.39 is 12.1 Å². The third kappa shape index (κ3) is 7.15. The van der Waals surface area contributed by atoms with E-state index in [0.717, 1.165) is 5.56 Å². The molecular formula is C14H17NO5. The number of alkyl carbamates (subject to hydrolysis) is 1. The molecular weight excluding hydrogens is 262 g/mol. The fraction of sp³-hybridized carbons (Fsp3) is 0.357. The highest BCUT2D eigenvalue weighted by Gasteiger charge is 2.06. The van der Waals surface area contributed by atoms with Crippen molar-refractivity contribution in [3.63, 3.8) is 0 Å². The molecule has 1 aromatic rings. The zero-order chi connectivity index (χ0) is 14.8. The summed E-state index contributed by atoms with van der Waals surface area (Å²) in [6.45, 7) is 1.63. The maximum atomic E-state index is 11.3. The average Bonchev–Trinajstić information content (AvgIpc) is 2.42. The Hall–Kier alpha value is -2.37. The van der Waals surface area contributed by atoms with Crippen LogP contribution in [0.15, 0.2) is 30.3 Å². The third-order valence-corrected chi connectivity index (χ3v) is 2.24. The predicted molar refractivity (Wildman–Crippen MR) is 70.9 cm³/mol. The van der Waals surface area contributed by atoms with Gasteiger partial charge in [-0.1, -0.05) is 30.3 Å². The fourth-order valence-electron chi connectivity index (χ4n) is 1.35. The van der Waals surface area contributed by atoms with Gasteiger partial charge < -0.3 is 14.8 Å². The van der Waals surface area contributed by atoms with Crippen LogP contribution in [0.2, 0.25) is 0 Å². The summed E-state index contributed by atoms with van der Waals surface area (Å²) in [4.78, 5) is 33.0. The molecule has 0 atom stereocenters. The van der Waals surface area contributed by atoms with Crippen LogP contribution >= 0.6 is 0 Å². The van der Waals surface area contributed by atoms with Crippen LogP contribution in [0.3, 0.4) is 0 Å². The number of hydrogen-bond acceptors (Lipinski definition) is 5. The molecule has 0 aliphatic carbocycles. The molecule has 6 nitrogen and oxygen atoms in total. The Morgan fingerprint density at radius 2 is 1.80 bits per heavy atom. The van der Waals surface area contributed by atoms with Gasteiger partial charge in [0.2, 0.25) is 0 Å². The highest BCUT2D eigenvalue weighted by molar-refractivity contribution is 5.94. The summed E-state index contributed by atoms with van der Waals surface area (Å²) >= 11 is 0. The molecule has 0 spiro atoms. The van der Waals surface area contributed by atoms with Crippen LogP contribution in [-0.4, -0.2) is 31.0 Å². The number of ketones is 1. The van der Waals surface area contributed by atoms with Gasteiger partial charge in [-0.05, 0) is 12.5 Å². The molecule has 108 valence electrons. The molecule has 20 heavy (non-hydrogen) atoms. The lowest BCUT2D eigenvalue weighted by Crippen LogP contribution is -2.28. The van der Waals surface area contributed by atoms with Gasteiger partial charge in [0.1, 0.15) is 25.4 Å². The van der Waals surface area contributed by atoms with E-state index in [9.17, 15) is 14.4 Å². The Labute approximate surface area is 117 Å². The van der Waals surface area contributed by atoms with Gasteiger partial charge in [-0.15, -0.1) is 0 Å². The number of amides is 1. The van der Waals surface area contributed by atoms with Crippen LogP contribution in [0.25, 0.3) is 0 Å². The van der Waals surface area contributed by atoms with E-state index in [0.29, 0.717) is 0 Å². The Morgan fingerprint density at radius 3 is 2.45 bits per heavy atom. The molecule has 0 saturated heterocycles. The van der Waals surface area contributed by atoms with Gasteiger partial charge in [-0.25, -0.2) is 4.79 Å². The second-order valence-corrected chi connectivity index (χ2v) is 4.09. The van der Waals surface area contributed by atoms with Crippen molar-refractivity contribution in [2.24, 2.45) is 0 Å². The van der Waals surface area contributed by atoms with E-state index in [-0.39, 0.29) is 32.0 Å². The summed E-state index contributed by atoms with van der Waals surface area (Å²) < 4.78 is 9.69. The molecule has 0 fully saturated rings. The van der Waals surface area contributed by atoms with Crippen molar-refractivity contribution in [3.05, 3.63) is 35.9 Å². The standard InChI is InChI=1S/C14H17NO5/c1-11(16)9-13(17)19-8-7-15-14(18)20-10-12-5-3-2-4-6-12/h2-6H,7-10H2,1H3,(H,15,18). The van der Waals surface area contributed by atoms with Crippen LogP contribution in [0.5, 0.6) is 0 Å². The summed E-state index contributed by atoms with van der Waals surface area (Å²) in [5.41, 5.74) is 0.885. The Bertz CT molecular complexity index is 458. The van der Waals surface area contributed by atoms with Crippen LogP contribution in [0.1, 0.15) is 18.9 Å². The van der Waals surface area contributed by atoms with E-state index in [1.807, 2.05) is 30.3 Å². The van der Waals surface area contributed by atoms with Crippen LogP contribution in [-0.2, 0) is 25.7 Å². The minimum absolute atomic E-state index is 0.00650. The van der Waals surface area contributed by atoms with Gasteiger partial charge in [0, 0.05) is 0 Å². The lowest BCUT2D eigenvalue weighted by molar-refractivity contribution is -0.145. The van der Waals surface area contributed by atoms with Crippen LogP contribution < -0.4 is 5.32 Å². The number of rotatable bonds is 7. The molecule has 0 aliphatic rings. The van der Waals surface area contributed by atoms with Crippen LogP contribution in [0.4, 0.5) is 4.79 Å². The summed E-state index contributed by atoms with van der Waals surface area (Å²) in [5.74, 6) is -0.859. The quantitative estimate of drug-likeness (QED) is 0.464. The molecule has 0 unspecified atom stereocenters. The smallest absolute Gasteiger partial charge is 0.407 e. The van der Waals surface area contributed by atoms with Crippen molar-refractivity contribution >= 4 is 17.8 Å². The molecule has 1 aromatic carbocycles. The van der Waals surface area contributed by atoms with Crippen LogP contribution in [0, 0.1) is 0 Å². The van der Waals surface area contributed by atoms with Crippen molar-refractivity contribution in [2.45, 2.75) is 20.0 Å². The summed E-state index contributed by atoms with van der Waals surface area (Å²) in [6, 6.07) is 9.27. The van der Waals surface area contributed by atoms with Gasteiger partial charge >= 0.3 is 12.1 Å². The lowest BCUT2D eigenvalue weighted by atomic mass is 10.2. The highest BCUT2D eigenvalue weighted by atomic mass is 16.6. The van der Waals surface area contributed by atoms with E-state index in [4.69, 9.17) is 9.47 Å². The molecule has 0 saturated carbocycles. The Balaban J connectivity index is 2.09. The third-order valence-electron chi connectivity index (χ3n) is 2.24. The molecule has 0 aromatic heterocycles. The Kier molecular flexibility index (Phi) is 6.81. The van der Waals surface area contributed by atoms with Crippen molar-refractivity contribution < 1.29 is 23.9 Å². The fourth-order valence-corrected chi connectivity index (χ4v) is 1.35. The maximum absolute atomic E-state index is 11.3. The van der Waals surface area contributed by atoms with Gasteiger partial charge in [0.15, 0.2) is 0 Å². The molecule has 0 heterocycles. The number of hydrogen-bond donors (Lipinski definition) is 1. The SMILES string of the molecule is CC(=O)CC(=O)OCCNC(=O)OCc1ccccc1. The molecule has 6 heteroatoms. The van der Waals surface area contributed by atoms with E-state index >= 15 is 0 Å². The van der Waals surface area contributed by atoms with Crippen molar-refractivity contribution in [1.29, 1.82) is 0 Å². The zero-order valence-electron chi connectivity index (χ0n) is 11.3. The monoisotopic (exact) mass is 279 g/mol. The number of benzene rings is 1. The summed E-state index contributed by atoms with van der Waals surface area (Å²) in [7, 11) is 0. The number of carbonyl (C=O) groups is 3. The molecule has 0 aliphatic heterocycles. The number of carbonyl (C=O) groups excluding carboxylic acids is 3.